The van der Waals surface area contributed by atoms with Crippen LogP contribution in [0.25, 0.3) is 0 Å². The average Bonchev–Trinajstić information content (AvgIpc) is 2.39. The van der Waals surface area contributed by atoms with Crippen LogP contribution in [0.15, 0.2) is 48.5 Å². The standard InChI is InChI=1S/C14H13Cl2NO/c15-11-6-7-13(12(16)8-11)17-14(9-18)10-4-2-1-3-5-10/h1-8,14,17-18H,9H2/t14-/m1/s1. The first-order valence-corrected chi connectivity index (χ1v) is 6.33. The third-order valence-corrected chi connectivity index (χ3v) is 3.19. The summed E-state index contributed by atoms with van der Waals surface area (Å²) in [6.45, 7) is -0.0109. The minimum absolute atomic E-state index is 0.0109. The van der Waals surface area contributed by atoms with E-state index in [1.807, 2.05) is 30.3 Å². The Kier molecular flexibility index (Phi) is 4.48. The van der Waals surface area contributed by atoms with Crippen LogP contribution in [0.4, 0.5) is 5.69 Å². The van der Waals surface area contributed by atoms with Crippen molar-refractivity contribution >= 4 is 28.9 Å². The normalized spacial score (nSPS) is 12.2. The second kappa shape index (κ2) is 6.10. The van der Waals surface area contributed by atoms with E-state index in [1.165, 1.54) is 0 Å². The Morgan fingerprint density at radius 2 is 1.78 bits per heavy atom. The summed E-state index contributed by atoms with van der Waals surface area (Å²) in [7, 11) is 0. The number of nitrogens with one attached hydrogen (secondary N) is 1. The molecule has 2 nitrogen and oxygen atoms in total. The molecule has 0 radical (unpaired) electrons. The smallest absolute Gasteiger partial charge is 0.0745 e. The molecule has 0 saturated carbocycles. The van der Waals surface area contributed by atoms with Crippen molar-refractivity contribution in [1.29, 1.82) is 0 Å². The molecule has 0 aliphatic heterocycles. The van der Waals surface area contributed by atoms with Gasteiger partial charge in [0.15, 0.2) is 0 Å². The lowest BCUT2D eigenvalue weighted by Gasteiger charge is -2.19. The van der Waals surface area contributed by atoms with E-state index in [2.05, 4.69) is 5.32 Å². The van der Waals surface area contributed by atoms with Crippen molar-refractivity contribution in [2.75, 3.05) is 11.9 Å². The SMILES string of the molecule is OC[C@@H](Nc1ccc(Cl)cc1Cl)c1ccccc1. The van der Waals surface area contributed by atoms with Gasteiger partial charge >= 0.3 is 0 Å². The average molecular weight is 282 g/mol. The van der Waals surface area contributed by atoms with E-state index < -0.39 is 0 Å². The second-order valence-corrected chi connectivity index (χ2v) is 4.76. The van der Waals surface area contributed by atoms with Crippen molar-refractivity contribution in [2.24, 2.45) is 0 Å². The highest BCUT2D eigenvalue weighted by molar-refractivity contribution is 6.36. The highest BCUT2D eigenvalue weighted by Crippen LogP contribution is 2.28. The van der Waals surface area contributed by atoms with E-state index in [1.54, 1.807) is 18.2 Å². The van der Waals surface area contributed by atoms with Crippen LogP contribution in [0.2, 0.25) is 10.0 Å². The summed E-state index contributed by atoms with van der Waals surface area (Å²) < 4.78 is 0. The molecule has 0 aliphatic carbocycles. The molecule has 0 saturated heterocycles. The fourth-order valence-corrected chi connectivity index (χ4v) is 2.18. The van der Waals surface area contributed by atoms with Crippen LogP contribution in [0, 0.1) is 0 Å². The predicted octanol–water partition coefficient (Wildman–Crippen LogP) is 4.14. The highest BCUT2D eigenvalue weighted by atomic mass is 35.5. The number of rotatable bonds is 4. The number of hydrogen-bond acceptors (Lipinski definition) is 2. The van der Waals surface area contributed by atoms with Gasteiger partial charge in [-0.3, -0.25) is 0 Å². The number of anilines is 1. The molecule has 2 rings (SSSR count). The van der Waals surface area contributed by atoms with Gasteiger partial charge in [0.1, 0.15) is 0 Å². The monoisotopic (exact) mass is 281 g/mol. The van der Waals surface area contributed by atoms with E-state index in [9.17, 15) is 5.11 Å². The number of halogens is 2. The fraction of sp³-hybridized carbons (Fsp3) is 0.143. The summed E-state index contributed by atoms with van der Waals surface area (Å²) in [5, 5.41) is 13.8. The van der Waals surface area contributed by atoms with Gasteiger partial charge in [-0.2, -0.15) is 0 Å². The summed E-state index contributed by atoms with van der Waals surface area (Å²) in [6, 6.07) is 14.8. The van der Waals surface area contributed by atoms with Gasteiger partial charge in [-0.1, -0.05) is 53.5 Å². The van der Waals surface area contributed by atoms with Crippen molar-refractivity contribution in [3.05, 3.63) is 64.1 Å². The summed E-state index contributed by atoms with van der Waals surface area (Å²) in [6.07, 6.45) is 0. The molecule has 0 unspecified atom stereocenters. The third kappa shape index (κ3) is 3.16. The van der Waals surface area contributed by atoms with Gasteiger partial charge < -0.3 is 10.4 Å². The zero-order chi connectivity index (χ0) is 13.0. The first kappa shape index (κ1) is 13.2. The molecule has 0 aliphatic rings. The van der Waals surface area contributed by atoms with E-state index in [0.29, 0.717) is 10.0 Å². The molecule has 4 heteroatoms. The molecule has 1 atom stereocenters. The predicted molar refractivity (Wildman–Crippen MR) is 76.4 cm³/mol. The molecule has 0 amide bonds. The van der Waals surface area contributed by atoms with Crippen molar-refractivity contribution < 1.29 is 5.11 Å². The van der Waals surface area contributed by atoms with Crippen LogP contribution >= 0.6 is 23.2 Å². The van der Waals surface area contributed by atoms with Gasteiger partial charge in [0, 0.05) is 5.02 Å². The zero-order valence-corrected chi connectivity index (χ0v) is 11.1. The Morgan fingerprint density at radius 3 is 2.39 bits per heavy atom. The van der Waals surface area contributed by atoms with E-state index in [0.717, 1.165) is 11.3 Å². The van der Waals surface area contributed by atoms with Gasteiger partial charge in [-0.05, 0) is 23.8 Å². The first-order valence-electron chi connectivity index (χ1n) is 5.58. The number of hydrogen-bond donors (Lipinski definition) is 2. The van der Waals surface area contributed by atoms with Gasteiger partial charge in [0.2, 0.25) is 0 Å². The Balaban J connectivity index is 2.21. The summed E-state index contributed by atoms with van der Waals surface area (Å²) >= 11 is 11.9. The Hall–Kier alpha value is -1.22. The maximum Gasteiger partial charge on any atom is 0.0745 e. The van der Waals surface area contributed by atoms with E-state index >= 15 is 0 Å². The molecule has 0 fully saturated rings. The van der Waals surface area contributed by atoms with Crippen LogP contribution in [0.1, 0.15) is 11.6 Å². The van der Waals surface area contributed by atoms with Crippen molar-refractivity contribution in [3.63, 3.8) is 0 Å². The van der Waals surface area contributed by atoms with Crippen LogP contribution in [0.3, 0.4) is 0 Å². The number of aliphatic hydroxyl groups is 1. The second-order valence-electron chi connectivity index (χ2n) is 3.91. The van der Waals surface area contributed by atoms with Crippen molar-refractivity contribution in [1.82, 2.24) is 0 Å². The van der Waals surface area contributed by atoms with E-state index in [4.69, 9.17) is 23.2 Å². The molecule has 0 heterocycles. The minimum atomic E-state index is -0.190. The molecule has 2 aromatic carbocycles. The molecular weight excluding hydrogens is 269 g/mol. The Bertz CT molecular complexity index is 516. The zero-order valence-electron chi connectivity index (χ0n) is 9.61. The lowest BCUT2D eigenvalue weighted by atomic mass is 10.1. The minimum Gasteiger partial charge on any atom is -0.394 e. The number of aliphatic hydroxyl groups excluding tert-OH is 1. The topological polar surface area (TPSA) is 32.3 Å². The maximum absolute atomic E-state index is 9.45. The van der Waals surface area contributed by atoms with Crippen molar-refractivity contribution in [3.8, 4) is 0 Å². The number of benzene rings is 2. The summed E-state index contributed by atoms with van der Waals surface area (Å²) in [5.74, 6) is 0. The Labute approximate surface area is 116 Å². The van der Waals surface area contributed by atoms with Crippen LogP contribution < -0.4 is 5.32 Å². The van der Waals surface area contributed by atoms with Gasteiger partial charge in [-0.15, -0.1) is 0 Å². The van der Waals surface area contributed by atoms with Gasteiger partial charge in [0.25, 0.3) is 0 Å². The lowest BCUT2D eigenvalue weighted by Crippen LogP contribution is -2.14. The molecule has 0 aromatic heterocycles. The maximum atomic E-state index is 9.45. The largest absolute Gasteiger partial charge is 0.394 e. The third-order valence-electron chi connectivity index (χ3n) is 2.65. The van der Waals surface area contributed by atoms with Crippen LogP contribution in [-0.2, 0) is 0 Å². The molecular formula is C14H13Cl2NO. The lowest BCUT2D eigenvalue weighted by molar-refractivity contribution is 0.276. The quantitative estimate of drug-likeness (QED) is 0.883. The summed E-state index contributed by atoms with van der Waals surface area (Å²) in [4.78, 5) is 0. The van der Waals surface area contributed by atoms with E-state index in [-0.39, 0.29) is 12.6 Å². The van der Waals surface area contributed by atoms with Gasteiger partial charge in [-0.25, -0.2) is 0 Å². The Morgan fingerprint density at radius 1 is 1.06 bits per heavy atom. The highest BCUT2D eigenvalue weighted by Gasteiger charge is 2.11. The van der Waals surface area contributed by atoms with Crippen LogP contribution in [0.5, 0.6) is 0 Å². The molecule has 0 spiro atoms. The van der Waals surface area contributed by atoms with Gasteiger partial charge in [0.05, 0.1) is 23.4 Å². The summed E-state index contributed by atoms with van der Waals surface area (Å²) in [5.41, 5.74) is 1.76. The van der Waals surface area contributed by atoms with Crippen LogP contribution in [-0.4, -0.2) is 11.7 Å². The van der Waals surface area contributed by atoms with Crippen molar-refractivity contribution in [2.45, 2.75) is 6.04 Å². The molecule has 94 valence electrons. The first-order chi connectivity index (χ1) is 8.70. The fourth-order valence-electron chi connectivity index (χ4n) is 1.71. The molecule has 18 heavy (non-hydrogen) atoms. The molecule has 2 aromatic rings. The molecule has 0 bridgehead atoms. The molecule has 2 N–H and O–H groups in total.